The fourth-order valence-corrected chi connectivity index (χ4v) is 1.94. The van der Waals surface area contributed by atoms with Gasteiger partial charge in [0.25, 0.3) is 0 Å². The van der Waals surface area contributed by atoms with E-state index in [0.717, 1.165) is 18.1 Å². The predicted molar refractivity (Wildman–Crippen MR) is 66.1 cm³/mol. The van der Waals surface area contributed by atoms with Gasteiger partial charge in [0.1, 0.15) is 0 Å². The molecule has 1 saturated carbocycles. The highest BCUT2D eigenvalue weighted by Crippen LogP contribution is 2.38. The lowest BCUT2D eigenvalue weighted by Crippen LogP contribution is -2.08. The Labute approximate surface area is 101 Å². The van der Waals surface area contributed by atoms with E-state index in [9.17, 15) is 0 Å². The molecule has 0 amide bonds. The molecule has 0 aliphatic heterocycles. The molecule has 0 spiro atoms. The molecule has 88 valence electrons. The van der Waals surface area contributed by atoms with Crippen LogP contribution >= 0.6 is 0 Å². The number of aromatic nitrogens is 3. The van der Waals surface area contributed by atoms with E-state index in [1.54, 1.807) is 0 Å². The smallest absolute Gasteiger partial charge is 0.153 e. The molecular weight excluding hydrogens is 212 g/mol. The van der Waals surface area contributed by atoms with Crippen LogP contribution in [0.5, 0.6) is 0 Å². The first-order valence-electron chi connectivity index (χ1n) is 6.03. The molecule has 1 aliphatic rings. The highest BCUT2D eigenvalue weighted by Gasteiger charge is 2.25. The molecule has 2 aromatic heterocycles. The van der Waals surface area contributed by atoms with Gasteiger partial charge in [-0.1, -0.05) is 6.07 Å². The maximum atomic E-state index is 4.58. The van der Waals surface area contributed by atoms with Crippen LogP contribution in [0.4, 0.5) is 0 Å². The van der Waals surface area contributed by atoms with E-state index in [4.69, 9.17) is 0 Å². The Kier molecular flexibility index (Phi) is 2.65. The third-order valence-corrected chi connectivity index (χ3v) is 2.99. The third-order valence-electron chi connectivity index (χ3n) is 2.99. The zero-order valence-corrected chi connectivity index (χ0v) is 9.93. The minimum absolute atomic E-state index is 0.691. The molecule has 0 aromatic carbocycles. The number of pyridine rings is 1. The average Bonchev–Trinajstić information content (AvgIpc) is 3.08. The Morgan fingerprint density at radius 1 is 1.35 bits per heavy atom. The average molecular weight is 228 g/mol. The second kappa shape index (κ2) is 4.30. The SMILES string of the molecule is CNCc1cccc(-n2ccc(C3CC3)n2)n1. The summed E-state index contributed by atoms with van der Waals surface area (Å²) >= 11 is 0. The van der Waals surface area contributed by atoms with Crippen molar-refractivity contribution in [2.75, 3.05) is 7.05 Å². The zero-order valence-electron chi connectivity index (χ0n) is 9.93. The quantitative estimate of drug-likeness (QED) is 0.868. The molecule has 4 heteroatoms. The minimum atomic E-state index is 0.691. The largest absolute Gasteiger partial charge is 0.314 e. The van der Waals surface area contributed by atoms with Gasteiger partial charge in [0.2, 0.25) is 0 Å². The Morgan fingerprint density at radius 2 is 2.24 bits per heavy atom. The predicted octanol–water partition coefficient (Wildman–Crippen LogP) is 1.86. The van der Waals surface area contributed by atoms with Crippen LogP contribution in [0.3, 0.4) is 0 Å². The lowest BCUT2D eigenvalue weighted by atomic mass is 10.3. The molecule has 4 nitrogen and oxygen atoms in total. The lowest BCUT2D eigenvalue weighted by molar-refractivity contribution is 0.763. The molecule has 0 atom stereocenters. The Balaban J connectivity index is 1.88. The molecule has 1 N–H and O–H groups in total. The summed E-state index contributed by atoms with van der Waals surface area (Å²) in [5.74, 6) is 1.58. The van der Waals surface area contributed by atoms with Crippen LogP contribution in [0, 0.1) is 0 Å². The highest BCUT2D eigenvalue weighted by molar-refractivity contribution is 5.25. The van der Waals surface area contributed by atoms with Gasteiger partial charge in [-0.05, 0) is 38.1 Å². The fourth-order valence-electron chi connectivity index (χ4n) is 1.94. The normalized spacial score (nSPS) is 15.1. The van der Waals surface area contributed by atoms with Crippen molar-refractivity contribution >= 4 is 0 Å². The van der Waals surface area contributed by atoms with Crippen LogP contribution in [0.2, 0.25) is 0 Å². The standard InChI is InChI=1S/C13H16N4/c1-14-9-11-3-2-4-13(15-11)17-8-7-12(16-17)10-5-6-10/h2-4,7-8,10,14H,5-6,9H2,1H3. The Bertz CT molecular complexity index is 514. The molecular formula is C13H16N4. The van der Waals surface area contributed by atoms with E-state index >= 15 is 0 Å². The summed E-state index contributed by atoms with van der Waals surface area (Å²) in [6.45, 7) is 0.782. The van der Waals surface area contributed by atoms with E-state index in [2.05, 4.69) is 21.5 Å². The van der Waals surface area contributed by atoms with Gasteiger partial charge in [-0.25, -0.2) is 9.67 Å². The summed E-state index contributed by atoms with van der Waals surface area (Å²) in [5, 5.41) is 7.68. The van der Waals surface area contributed by atoms with E-state index in [1.165, 1.54) is 18.5 Å². The summed E-state index contributed by atoms with van der Waals surface area (Å²) in [6, 6.07) is 8.13. The van der Waals surface area contributed by atoms with E-state index in [-0.39, 0.29) is 0 Å². The molecule has 0 radical (unpaired) electrons. The van der Waals surface area contributed by atoms with Crippen molar-refractivity contribution in [1.82, 2.24) is 20.1 Å². The molecule has 0 bridgehead atoms. The lowest BCUT2D eigenvalue weighted by Gasteiger charge is -2.03. The summed E-state index contributed by atoms with van der Waals surface area (Å²) in [4.78, 5) is 4.56. The van der Waals surface area contributed by atoms with Gasteiger partial charge in [-0.15, -0.1) is 0 Å². The van der Waals surface area contributed by atoms with Crippen molar-refractivity contribution in [3.63, 3.8) is 0 Å². The first kappa shape index (κ1) is 10.5. The van der Waals surface area contributed by atoms with E-state index in [1.807, 2.05) is 36.1 Å². The topological polar surface area (TPSA) is 42.7 Å². The maximum Gasteiger partial charge on any atom is 0.153 e. The Hall–Kier alpha value is -1.68. The molecule has 1 fully saturated rings. The van der Waals surface area contributed by atoms with Gasteiger partial charge < -0.3 is 5.32 Å². The second-order valence-corrected chi connectivity index (χ2v) is 4.48. The summed E-state index contributed by atoms with van der Waals surface area (Å²) in [5.41, 5.74) is 2.24. The van der Waals surface area contributed by atoms with Crippen molar-refractivity contribution in [2.45, 2.75) is 25.3 Å². The first-order chi connectivity index (χ1) is 8.36. The summed E-state index contributed by atoms with van der Waals surface area (Å²) in [6.07, 6.45) is 4.56. The molecule has 17 heavy (non-hydrogen) atoms. The van der Waals surface area contributed by atoms with Gasteiger partial charge >= 0.3 is 0 Å². The monoisotopic (exact) mass is 228 g/mol. The summed E-state index contributed by atoms with van der Waals surface area (Å²) in [7, 11) is 1.92. The van der Waals surface area contributed by atoms with Gasteiger partial charge in [0, 0.05) is 18.7 Å². The van der Waals surface area contributed by atoms with Crippen molar-refractivity contribution in [3.05, 3.63) is 41.9 Å². The number of rotatable bonds is 4. The van der Waals surface area contributed by atoms with Crippen LogP contribution in [0.25, 0.3) is 5.82 Å². The number of nitrogens with zero attached hydrogens (tertiary/aromatic N) is 3. The molecule has 0 unspecified atom stereocenters. The molecule has 1 aliphatic carbocycles. The van der Waals surface area contributed by atoms with Crippen LogP contribution in [0.15, 0.2) is 30.5 Å². The van der Waals surface area contributed by atoms with Gasteiger partial charge in [-0.2, -0.15) is 5.10 Å². The van der Waals surface area contributed by atoms with Crippen LogP contribution in [-0.2, 0) is 6.54 Å². The van der Waals surface area contributed by atoms with Crippen molar-refractivity contribution in [3.8, 4) is 5.82 Å². The number of nitrogens with one attached hydrogen (secondary N) is 1. The zero-order chi connectivity index (χ0) is 11.7. The third kappa shape index (κ3) is 2.22. The minimum Gasteiger partial charge on any atom is -0.314 e. The van der Waals surface area contributed by atoms with E-state index < -0.39 is 0 Å². The van der Waals surface area contributed by atoms with Crippen LogP contribution < -0.4 is 5.32 Å². The highest BCUT2D eigenvalue weighted by atomic mass is 15.3. The van der Waals surface area contributed by atoms with Crippen molar-refractivity contribution < 1.29 is 0 Å². The van der Waals surface area contributed by atoms with Gasteiger partial charge in [0.15, 0.2) is 5.82 Å². The molecule has 2 heterocycles. The molecule has 2 aromatic rings. The molecule has 3 rings (SSSR count). The van der Waals surface area contributed by atoms with Crippen LogP contribution in [0.1, 0.15) is 30.1 Å². The summed E-state index contributed by atoms with van der Waals surface area (Å²) < 4.78 is 1.87. The molecule has 0 saturated heterocycles. The number of hydrogen-bond donors (Lipinski definition) is 1. The van der Waals surface area contributed by atoms with E-state index in [0.29, 0.717) is 5.92 Å². The van der Waals surface area contributed by atoms with Crippen LogP contribution in [-0.4, -0.2) is 21.8 Å². The van der Waals surface area contributed by atoms with Crippen molar-refractivity contribution in [1.29, 1.82) is 0 Å². The van der Waals surface area contributed by atoms with Gasteiger partial charge in [0.05, 0.1) is 11.4 Å². The maximum absolute atomic E-state index is 4.58. The first-order valence-corrected chi connectivity index (χ1v) is 6.03. The van der Waals surface area contributed by atoms with Gasteiger partial charge in [-0.3, -0.25) is 0 Å². The Morgan fingerprint density at radius 3 is 3.00 bits per heavy atom. The number of hydrogen-bond acceptors (Lipinski definition) is 3. The van der Waals surface area contributed by atoms with Crippen molar-refractivity contribution in [2.24, 2.45) is 0 Å². The fraction of sp³-hybridized carbons (Fsp3) is 0.385. The second-order valence-electron chi connectivity index (χ2n) is 4.48.